The lowest BCUT2D eigenvalue weighted by Gasteiger charge is -2.02. The molecule has 0 atom stereocenters. The summed E-state index contributed by atoms with van der Waals surface area (Å²) in [6.07, 6.45) is 1.67. The smallest absolute Gasteiger partial charge is 0.275 e. The molecule has 3 aromatic rings. The average Bonchev–Trinajstić information content (AvgIpc) is 2.90. The van der Waals surface area contributed by atoms with Crippen LogP contribution in [0, 0.1) is 0 Å². The van der Waals surface area contributed by atoms with Crippen LogP contribution in [0.1, 0.15) is 5.01 Å². The van der Waals surface area contributed by atoms with Crippen LogP contribution in [0.2, 0.25) is 0 Å². The third-order valence-electron chi connectivity index (χ3n) is 2.64. The summed E-state index contributed by atoms with van der Waals surface area (Å²) in [5.41, 5.74) is 2.27. The molecule has 1 aromatic carbocycles. The number of aromatic nitrogens is 4. The van der Waals surface area contributed by atoms with Gasteiger partial charge in [0, 0.05) is 5.39 Å². The van der Waals surface area contributed by atoms with Crippen LogP contribution in [0.3, 0.4) is 0 Å². The Hall–Kier alpha value is -2.32. The normalized spacial score (nSPS) is 10.8. The Labute approximate surface area is 111 Å². The van der Waals surface area contributed by atoms with E-state index in [1.165, 1.54) is 16.0 Å². The molecule has 0 saturated heterocycles. The molecule has 19 heavy (non-hydrogen) atoms. The third-order valence-corrected chi connectivity index (χ3v) is 3.48. The number of nitrogens with one attached hydrogen (secondary N) is 1. The van der Waals surface area contributed by atoms with Crippen LogP contribution in [0.5, 0.6) is 0 Å². The van der Waals surface area contributed by atoms with Crippen molar-refractivity contribution >= 4 is 27.2 Å². The summed E-state index contributed by atoms with van der Waals surface area (Å²) in [6, 6.07) is 7.34. The Balaban J connectivity index is 2.01. The van der Waals surface area contributed by atoms with E-state index in [0.717, 1.165) is 5.39 Å². The van der Waals surface area contributed by atoms with E-state index < -0.39 is 0 Å². The molecule has 2 aromatic heterocycles. The van der Waals surface area contributed by atoms with Crippen molar-refractivity contribution in [1.29, 1.82) is 0 Å². The standard InChI is InChI=1S/C11H10N6OS/c12-14-11-16-15-9(19-11)6-17-10(18)8-4-2-1-3-7(8)5-13-17/h1-5H,6,12H2,(H,14,16). The molecule has 3 rings (SSSR count). The van der Waals surface area contributed by atoms with Crippen molar-refractivity contribution in [2.45, 2.75) is 6.54 Å². The van der Waals surface area contributed by atoms with Crippen molar-refractivity contribution < 1.29 is 0 Å². The highest BCUT2D eigenvalue weighted by atomic mass is 32.1. The number of nitrogens with zero attached hydrogens (tertiary/aromatic N) is 4. The van der Waals surface area contributed by atoms with Gasteiger partial charge < -0.3 is 0 Å². The lowest BCUT2D eigenvalue weighted by Crippen LogP contribution is -2.23. The molecule has 2 heterocycles. The minimum atomic E-state index is -0.143. The van der Waals surface area contributed by atoms with Crippen LogP contribution in [0.25, 0.3) is 10.8 Å². The fourth-order valence-electron chi connectivity index (χ4n) is 1.74. The van der Waals surface area contributed by atoms with E-state index >= 15 is 0 Å². The van der Waals surface area contributed by atoms with E-state index in [0.29, 0.717) is 15.5 Å². The van der Waals surface area contributed by atoms with Gasteiger partial charge in [-0.1, -0.05) is 29.5 Å². The predicted octanol–water partition coefficient (Wildman–Crippen LogP) is 0.582. The van der Waals surface area contributed by atoms with E-state index in [9.17, 15) is 4.79 Å². The van der Waals surface area contributed by atoms with Crippen molar-refractivity contribution in [1.82, 2.24) is 20.0 Å². The van der Waals surface area contributed by atoms with Gasteiger partial charge in [-0.2, -0.15) is 5.10 Å². The zero-order valence-corrected chi connectivity index (χ0v) is 10.6. The zero-order valence-electron chi connectivity index (χ0n) is 9.78. The maximum absolute atomic E-state index is 12.2. The minimum absolute atomic E-state index is 0.143. The molecule has 0 aliphatic rings. The maximum atomic E-state index is 12.2. The second-order valence-electron chi connectivity index (χ2n) is 3.84. The van der Waals surface area contributed by atoms with Crippen molar-refractivity contribution in [2.24, 2.45) is 5.84 Å². The fraction of sp³-hybridized carbons (Fsp3) is 0.0909. The van der Waals surface area contributed by atoms with Crippen LogP contribution in [-0.4, -0.2) is 20.0 Å². The Morgan fingerprint density at radius 1 is 1.32 bits per heavy atom. The first-order valence-corrected chi connectivity index (χ1v) is 6.33. The Morgan fingerprint density at radius 3 is 2.95 bits per heavy atom. The van der Waals surface area contributed by atoms with Gasteiger partial charge in [-0.3, -0.25) is 10.2 Å². The lowest BCUT2D eigenvalue weighted by molar-refractivity contribution is 0.640. The third kappa shape index (κ3) is 2.18. The molecule has 0 amide bonds. The van der Waals surface area contributed by atoms with Crippen molar-refractivity contribution in [3.63, 3.8) is 0 Å². The van der Waals surface area contributed by atoms with Crippen LogP contribution in [0.4, 0.5) is 5.13 Å². The lowest BCUT2D eigenvalue weighted by atomic mass is 10.2. The summed E-state index contributed by atoms with van der Waals surface area (Å²) in [6.45, 7) is 0.281. The predicted molar refractivity (Wildman–Crippen MR) is 72.8 cm³/mol. The van der Waals surface area contributed by atoms with Gasteiger partial charge in [0.05, 0.1) is 18.1 Å². The number of hydrazine groups is 1. The summed E-state index contributed by atoms with van der Waals surface area (Å²) in [7, 11) is 0. The summed E-state index contributed by atoms with van der Waals surface area (Å²) in [5, 5.41) is 14.5. The number of benzene rings is 1. The van der Waals surface area contributed by atoms with Crippen LogP contribution in [0.15, 0.2) is 35.3 Å². The van der Waals surface area contributed by atoms with E-state index in [2.05, 4.69) is 20.7 Å². The Kier molecular flexibility index (Phi) is 2.94. The highest BCUT2D eigenvalue weighted by Gasteiger charge is 2.08. The Morgan fingerprint density at radius 2 is 2.16 bits per heavy atom. The number of rotatable bonds is 3. The van der Waals surface area contributed by atoms with Gasteiger partial charge in [-0.05, 0) is 6.07 Å². The molecular formula is C11H10N6OS. The second-order valence-corrected chi connectivity index (χ2v) is 4.90. The fourth-order valence-corrected chi connectivity index (χ4v) is 2.38. The molecule has 0 fully saturated rings. The highest BCUT2D eigenvalue weighted by Crippen LogP contribution is 2.14. The summed E-state index contributed by atoms with van der Waals surface area (Å²) in [4.78, 5) is 12.2. The average molecular weight is 274 g/mol. The number of nitrogens with two attached hydrogens (primary N) is 1. The highest BCUT2D eigenvalue weighted by molar-refractivity contribution is 7.15. The van der Waals surface area contributed by atoms with Crippen molar-refractivity contribution in [3.05, 3.63) is 45.8 Å². The van der Waals surface area contributed by atoms with Crippen LogP contribution in [-0.2, 0) is 6.54 Å². The maximum Gasteiger partial charge on any atom is 0.275 e. The topological polar surface area (TPSA) is 98.7 Å². The van der Waals surface area contributed by atoms with Gasteiger partial charge in [0.1, 0.15) is 5.01 Å². The van der Waals surface area contributed by atoms with Gasteiger partial charge in [-0.25, -0.2) is 10.5 Å². The van der Waals surface area contributed by atoms with E-state index in [1.54, 1.807) is 12.3 Å². The molecule has 0 aliphatic heterocycles. The summed E-state index contributed by atoms with van der Waals surface area (Å²) in [5.74, 6) is 5.23. The van der Waals surface area contributed by atoms with Gasteiger partial charge in [-0.15, -0.1) is 10.2 Å². The molecule has 7 nitrogen and oxygen atoms in total. The van der Waals surface area contributed by atoms with E-state index in [-0.39, 0.29) is 12.1 Å². The van der Waals surface area contributed by atoms with Gasteiger partial charge in [0.15, 0.2) is 0 Å². The second kappa shape index (κ2) is 4.75. The minimum Gasteiger partial charge on any atom is -0.298 e. The molecule has 96 valence electrons. The van der Waals surface area contributed by atoms with E-state index in [1.807, 2.05) is 18.2 Å². The molecule has 0 saturated carbocycles. The molecular weight excluding hydrogens is 264 g/mol. The molecule has 0 spiro atoms. The molecule has 0 radical (unpaired) electrons. The zero-order chi connectivity index (χ0) is 13.2. The first kappa shape index (κ1) is 11.8. The molecule has 0 aliphatic carbocycles. The molecule has 0 bridgehead atoms. The van der Waals surface area contributed by atoms with Crippen molar-refractivity contribution in [2.75, 3.05) is 5.43 Å². The SMILES string of the molecule is NNc1nnc(Cn2ncc3ccccc3c2=O)s1. The molecule has 3 N–H and O–H groups in total. The van der Waals surface area contributed by atoms with Gasteiger partial charge >= 0.3 is 0 Å². The monoisotopic (exact) mass is 274 g/mol. The number of hydrogen-bond acceptors (Lipinski definition) is 7. The summed E-state index contributed by atoms with van der Waals surface area (Å²) >= 11 is 1.28. The number of nitrogen functional groups attached to an aromatic ring is 1. The summed E-state index contributed by atoms with van der Waals surface area (Å²) < 4.78 is 1.36. The molecule has 8 heteroatoms. The first-order valence-electron chi connectivity index (χ1n) is 5.52. The quantitative estimate of drug-likeness (QED) is 0.535. The van der Waals surface area contributed by atoms with Crippen LogP contribution >= 0.6 is 11.3 Å². The number of anilines is 1. The first-order chi connectivity index (χ1) is 9.28. The number of hydrogen-bond donors (Lipinski definition) is 2. The van der Waals surface area contributed by atoms with Gasteiger partial charge in [0.2, 0.25) is 5.13 Å². The van der Waals surface area contributed by atoms with Crippen LogP contribution < -0.4 is 16.8 Å². The van der Waals surface area contributed by atoms with Gasteiger partial charge in [0.25, 0.3) is 5.56 Å². The van der Waals surface area contributed by atoms with Crippen molar-refractivity contribution in [3.8, 4) is 0 Å². The van der Waals surface area contributed by atoms with E-state index in [4.69, 9.17) is 5.84 Å². The Bertz CT molecular complexity index is 780. The molecule has 0 unspecified atom stereocenters. The largest absolute Gasteiger partial charge is 0.298 e. The number of fused-ring (bicyclic) bond motifs is 1.